The van der Waals surface area contributed by atoms with E-state index in [-0.39, 0.29) is 11.7 Å². The third-order valence-electron chi connectivity index (χ3n) is 5.50. The summed E-state index contributed by atoms with van der Waals surface area (Å²) in [4.78, 5) is 22.4. The summed E-state index contributed by atoms with van der Waals surface area (Å²) in [6.07, 6.45) is 5.29. The smallest absolute Gasteiger partial charge is 0.251 e. The number of H-pyrrole nitrogens is 1. The Balaban J connectivity index is 1.92. The summed E-state index contributed by atoms with van der Waals surface area (Å²) in [5, 5.41) is 0. The van der Waals surface area contributed by atoms with E-state index in [0.717, 1.165) is 54.0 Å². The largest absolute Gasteiger partial charge is 0.366 e. The van der Waals surface area contributed by atoms with Crippen LogP contribution in [0.4, 0.5) is 4.39 Å². The number of aromatic nitrogens is 2. The van der Waals surface area contributed by atoms with Crippen LogP contribution in [0, 0.1) is 5.82 Å². The van der Waals surface area contributed by atoms with Crippen molar-refractivity contribution in [2.75, 3.05) is 20.1 Å². The van der Waals surface area contributed by atoms with Gasteiger partial charge in [0.05, 0.1) is 11.3 Å². The zero-order valence-corrected chi connectivity index (χ0v) is 15.8. The fourth-order valence-corrected chi connectivity index (χ4v) is 4.02. The van der Waals surface area contributed by atoms with Gasteiger partial charge in [-0.25, -0.2) is 4.39 Å². The number of likely N-dealkylation sites (tertiary alicyclic amines) is 1. The lowest BCUT2D eigenvalue weighted by molar-refractivity contribution is 0.0999. The Labute approximate surface area is 163 Å². The van der Waals surface area contributed by atoms with E-state index in [0.29, 0.717) is 5.56 Å². The van der Waals surface area contributed by atoms with Crippen LogP contribution in [0.5, 0.6) is 0 Å². The van der Waals surface area contributed by atoms with Crippen LogP contribution in [-0.2, 0) is 0 Å². The van der Waals surface area contributed by atoms with Crippen molar-refractivity contribution in [3.63, 3.8) is 0 Å². The van der Waals surface area contributed by atoms with Gasteiger partial charge < -0.3 is 15.6 Å². The molecule has 0 bridgehead atoms. The minimum Gasteiger partial charge on any atom is -0.366 e. The van der Waals surface area contributed by atoms with Crippen LogP contribution in [0.15, 0.2) is 48.8 Å². The highest BCUT2D eigenvalue weighted by atomic mass is 19.1. The second-order valence-electron chi connectivity index (χ2n) is 7.35. The molecule has 4 rings (SSSR count). The van der Waals surface area contributed by atoms with E-state index in [1.807, 2.05) is 12.1 Å². The van der Waals surface area contributed by atoms with Crippen molar-refractivity contribution in [1.29, 1.82) is 0 Å². The molecule has 3 aromatic rings. The van der Waals surface area contributed by atoms with Crippen LogP contribution < -0.4 is 5.73 Å². The lowest BCUT2D eigenvalue weighted by Crippen LogP contribution is -2.30. The molecule has 3 N–H and O–H groups in total. The number of carbonyl (C=O) groups is 1. The molecule has 28 heavy (non-hydrogen) atoms. The zero-order valence-electron chi connectivity index (χ0n) is 15.8. The maximum Gasteiger partial charge on any atom is 0.251 e. The number of nitrogens with two attached hydrogens (primary N) is 1. The monoisotopic (exact) mass is 378 g/mol. The van der Waals surface area contributed by atoms with Crippen molar-refractivity contribution in [1.82, 2.24) is 14.9 Å². The van der Waals surface area contributed by atoms with Crippen LogP contribution in [0.1, 0.15) is 34.8 Å². The Morgan fingerprint density at radius 2 is 1.75 bits per heavy atom. The predicted molar refractivity (Wildman–Crippen MR) is 107 cm³/mol. The van der Waals surface area contributed by atoms with Gasteiger partial charge in [0.15, 0.2) is 0 Å². The molecule has 5 nitrogen and oxygen atoms in total. The SMILES string of the molecule is CN1CCC(c2[nH]c(-c3ccc(F)cc3)c(-c3ccncc3)c2C(N)=O)CC1. The molecule has 1 amide bonds. The Morgan fingerprint density at radius 1 is 1.11 bits per heavy atom. The van der Waals surface area contributed by atoms with Gasteiger partial charge in [-0.15, -0.1) is 0 Å². The van der Waals surface area contributed by atoms with E-state index in [1.54, 1.807) is 24.5 Å². The molecule has 3 heterocycles. The van der Waals surface area contributed by atoms with Crippen LogP contribution >= 0.6 is 0 Å². The predicted octanol–water partition coefficient (Wildman–Crippen LogP) is 3.79. The third-order valence-corrected chi connectivity index (χ3v) is 5.50. The molecule has 1 aliphatic heterocycles. The highest BCUT2D eigenvalue weighted by Crippen LogP contribution is 2.41. The summed E-state index contributed by atoms with van der Waals surface area (Å²) in [5.74, 6) is -0.523. The number of halogens is 1. The minimum atomic E-state index is -0.453. The standard InChI is InChI=1S/C22H23FN4O/c1-27-12-8-16(9-13-27)21-19(22(24)28)18(14-6-10-25-11-7-14)20(26-21)15-2-4-17(23)5-3-15/h2-7,10-11,16,26H,8-9,12-13H2,1H3,(H2,24,28). The first-order chi connectivity index (χ1) is 13.5. The second-order valence-corrected chi connectivity index (χ2v) is 7.35. The summed E-state index contributed by atoms with van der Waals surface area (Å²) in [6.45, 7) is 1.94. The van der Waals surface area contributed by atoms with E-state index in [1.165, 1.54) is 12.1 Å². The molecular weight excluding hydrogens is 355 g/mol. The molecule has 2 aromatic heterocycles. The molecule has 144 valence electrons. The lowest BCUT2D eigenvalue weighted by atomic mass is 9.89. The molecule has 0 saturated carbocycles. The van der Waals surface area contributed by atoms with Gasteiger partial charge in [0, 0.05) is 29.6 Å². The first kappa shape index (κ1) is 18.4. The first-order valence-corrected chi connectivity index (χ1v) is 9.45. The number of primary amides is 1. The van der Waals surface area contributed by atoms with E-state index < -0.39 is 5.91 Å². The third kappa shape index (κ3) is 3.43. The fourth-order valence-electron chi connectivity index (χ4n) is 4.02. The molecule has 1 aliphatic rings. The van der Waals surface area contributed by atoms with E-state index >= 15 is 0 Å². The van der Waals surface area contributed by atoms with Crippen LogP contribution in [0.2, 0.25) is 0 Å². The Bertz CT molecular complexity index is 974. The number of aromatic amines is 1. The van der Waals surface area contributed by atoms with Crippen molar-refractivity contribution in [2.24, 2.45) is 5.73 Å². The van der Waals surface area contributed by atoms with Gasteiger partial charge in [-0.3, -0.25) is 9.78 Å². The van der Waals surface area contributed by atoms with Gasteiger partial charge in [-0.05, 0) is 80.5 Å². The average molecular weight is 378 g/mol. The van der Waals surface area contributed by atoms with E-state index in [4.69, 9.17) is 5.73 Å². The van der Waals surface area contributed by atoms with Crippen molar-refractivity contribution in [3.05, 3.63) is 65.9 Å². The maximum atomic E-state index is 13.5. The van der Waals surface area contributed by atoms with Crippen LogP contribution in [-0.4, -0.2) is 40.9 Å². The molecule has 1 saturated heterocycles. The summed E-state index contributed by atoms with van der Waals surface area (Å²) in [7, 11) is 2.10. The molecule has 0 spiro atoms. The number of nitrogens with zero attached hydrogens (tertiary/aromatic N) is 2. The number of amides is 1. The number of pyridine rings is 1. The Hall–Kier alpha value is -2.99. The lowest BCUT2D eigenvalue weighted by Gasteiger charge is -2.29. The molecule has 0 unspecified atom stereocenters. The van der Waals surface area contributed by atoms with E-state index in [2.05, 4.69) is 21.9 Å². The highest BCUT2D eigenvalue weighted by molar-refractivity contribution is 6.05. The Morgan fingerprint density at radius 3 is 2.36 bits per heavy atom. The molecular formula is C22H23FN4O. The summed E-state index contributed by atoms with van der Waals surface area (Å²) >= 11 is 0. The number of rotatable bonds is 4. The van der Waals surface area contributed by atoms with Crippen molar-refractivity contribution in [3.8, 4) is 22.4 Å². The minimum absolute atomic E-state index is 0.230. The number of benzene rings is 1. The molecule has 1 aromatic carbocycles. The molecule has 0 atom stereocenters. The fraction of sp³-hybridized carbons (Fsp3) is 0.273. The first-order valence-electron chi connectivity index (χ1n) is 9.45. The number of nitrogens with one attached hydrogen (secondary N) is 1. The average Bonchev–Trinajstić information content (AvgIpc) is 3.11. The quantitative estimate of drug-likeness (QED) is 0.725. The van der Waals surface area contributed by atoms with Gasteiger partial charge in [0.2, 0.25) is 0 Å². The number of piperidine rings is 1. The maximum absolute atomic E-state index is 13.5. The zero-order chi connectivity index (χ0) is 19.7. The number of hydrogen-bond acceptors (Lipinski definition) is 3. The Kier molecular flexibility index (Phi) is 4.96. The van der Waals surface area contributed by atoms with Gasteiger partial charge in [-0.1, -0.05) is 0 Å². The topological polar surface area (TPSA) is 75.0 Å². The summed E-state index contributed by atoms with van der Waals surface area (Å²) in [5.41, 5.74) is 10.5. The van der Waals surface area contributed by atoms with Crippen molar-refractivity contribution in [2.45, 2.75) is 18.8 Å². The van der Waals surface area contributed by atoms with Gasteiger partial charge in [0.25, 0.3) is 5.91 Å². The van der Waals surface area contributed by atoms with Gasteiger partial charge in [0.1, 0.15) is 5.82 Å². The number of hydrogen-bond donors (Lipinski definition) is 2. The molecule has 6 heteroatoms. The summed E-state index contributed by atoms with van der Waals surface area (Å²) < 4.78 is 13.5. The van der Waals surface area contributed by atoms with Gasteiger partial charge >= 0.3 is 0 Å². The molecule has 0 aliphatic carbocycles. The van der Waals surface area contributed by atoms with E-state index in [9.17, 15) is 9.18 Å². The van der Waals surface area contributed by atoms with Crippen LogP contribution in [0.25, 0.3) is 22.4 Å². The van der Waals surface area contributed by atoms with Crippen molar-refractivity contribution < 1.29 is 9.18 Å². The second kappa shape index (κ2) is 7.56. The summed E-state index contributed by atoms with van der Waals surface area (Å²) in [6, 6.07) is 10.0. The van der Waals surface area contributed by atoms with Crippen molar-refractivity contribution >= 4 is 5.91 Å². The highest BCUT2D eigenvalue weighted by Gasteiger charge is 2.29. The normalized spacial score (nSPS) is 15.6. The van der Waals surface area contributed by atoms with Gasteiger partial charge in [-0.2, -0.15) is 0 Å². The molecule has 0 radical (unpaired) electrons. The van der Waals surface area contributed by atoms with Crippen LogP contribution in [0.3, 0.4) is 0 Å². The number of carbonyl (C=O) groups excluding carboxylic acids is 1. The molecule has 1 fully saturated rings.